The Kier molecular flexibility index (Phi) is 3.77. The van der Waals surface area contributed by atoms with Crippen LogP contribution in [0.1, 0.15) is 35.7 Å². The third-order valence-corrected chi connectivity index (χ3v) is 3.43. The van der Waals surface area contributed by atoms with Gasteiger partial charge in [0.15, 0.2) is 0 Å². The molecular formula is C14H18FNO. The fourth-order valence-electron chi connectivity index (χ4n) is 2.13. The van der Waals surface area contributed by atoms with Gasteiger partial charge >= 0.3 is 0 Å². The summed E-state index contributed by atoms with van der Waals surface area (Å²) in [4.78, 5) is 14.0. The second-order valence-electron chi connectivity index (χ2n) is 4.81. The first kappa shape index (κ1) is 12.1. The molecule has 0 atom stereocenters. The number of halogens is 1. The summed E-state index contributed by atoms with van der Waals surface area (Å²) in [5.41, 5.74) is 1.28. The fraction of sp³-hybridized carbons (Fsp3) is 0.500. The van der Waals surface area contributed by atoms with Gasteiger partial charge in [-0.05, 0) is 36.5 Å². The minimum atomic E-state index is -0.476. The SMILES string of the molecule is CC1CCN(C(=O)c2ccc(CF)cc2)CC1. The molecule has 0 aliphatic carbocycles. The van der Waals surface area contributed by atoms with Crippen molar-refractivity contribution in [3.8, 4) is 0 Å². The van der Waals surface area contributed by atoms with E-state index in [4.69, 9.17) is 0 Å². The third-order valence-electron chi connectivity index (χ3n) is 3.43. The zero-order valence-corrected chi connectivity index (χ0v) is 10.2. The van der Waals surface area contributed by atoms with Crippen LogP contribution in [0.4, 0.5) is 4.39 Å². The Morgan fingerprint density at radius 1 is 1.29 bits per heavy atom. The lowest BCUT2D eigenvalue weighted by molar-refractivity contribution is 0.0697. The van der Waals surface area contributed by atoms with Crippen molar-refractivity contribution in [3.05, 3.63) is 35.4 Å². The zero-order valence-electron chi connectivity index (χ0n) is 10.2. The van der Waals surface area contributed by atoms with Crippen LogP contribution >= 0.6 is 0 Å². The van der Waals surface area contributed by atoms with Crippen molar-refractivity contribution >= 4 is 5.91 Å². The van der Waals surface area contributed by atoms with E-state index >= 15 is 0 Å². The zero-order chi connectivity index (χ0) is 12.3. The number of alkyl halides is 1. The van der Waals surface area contributed by atoms with E-state index in [0.29, 0.717) is 17.0 Å². The molecule has 1 heterocycles. The van der Waals surface area contributed by atoms with Gasteiger partial charge in [-0.3, -0.25) is 4.79 Å². The van der Waals surface area contributed by atoms with Gasteiger partial charge in [0.25, 0.3) is 5.91 Å². The van der Waals surface area contributed by atoms with E-state index in [-0.39, 0.29) is 5.91 Å². The maximum absolute atomic E-state index is 12.4. The Morgan fingerprint density at radius 3 is 2.41 bits per heavy atom. The van der Waals surface area contributed by atoms with Crippen LogP contribution in [-0.2, 0) is 6.67 Å². The molecule has 0 spiro atoms. The summed E-state index contributed by atoms with van der Waals surface area (Å²) in [5.74, 6) is 0.787. The lowest BCUT2D eigenvalue weighted by Crippen LogP contribution is -2.37. The first-order valence-corrected chi connectivity index (χ1v) is 6.15. The van der Waals surface area contributed by atoms with Gasteiger partial charge in [0.2, 0.25) is 0 Å². The lowest BCUT2D eigenvalue weighted by atomic mass is 9.98. The molecule has 1 fully saturated rings. The Hall–Kier alpha value is -1.38. The molecule has 0 unspecified atom stereocenters. The fourth-order valence-corrected chi connectivity index (χ4v) is 2.13. The van der Waals surface area contributed by atoms with Crippen LogP contribution in [0.3, 0.4) is 0 Å². The quantitative estimate of drug-likeness (QED) is 0.771. The number of amides is 1. The van der Waals surface area contributed by atoms with Crippen LogP contribution in [0.2, 0.25) is 0 Å². The molecule has 0 aromatic heterocycles. The van der Waals surface area contributed by atoms with Gasteiger partial charge < -0.3 is 4.90 Å². The van der Waals surface area contributed by atoms with Crippen LogP contribution in [0.15, 0.2) is 24.3 Å². The Bertz CT molecular complexity index is 380. The molecule has 0 N–H and O–H groups in total. The highest BCUT2D eigenvalue weighted by Gasteiger charge is 2.21. The average molecular weight is 235 g/mol. The minimum Gasteiger partial charge on any atom is -0.339 e. The molecule has 3 heteroatoms. The number of benzene rings is 1. The van der Waals surface area contributed by atoms with Gasteiger partial charge in [-0.25, -0.2) is 4.39 Å². The molecule has 1 aromatic rings. The van der Waals surface area contributed by atoms with E-state index in [1.807, 2.05) is 4.90 Å². The predicted molar refractivity (Wildman–Crippen MR) is 65.6 cm³/mol. The van der Waals surface area contributed by atoms with Gasteiger partial charge in [-0.2, -0.15) is 0 Å². The van der Waals surface area contributed by atoms with Crippen LogP contribution < -0.4 is 0 Å². The van der Waals surface area contributed by atoms with Crippen LogP contribution in [0.25, 0.3) is 0 Å². The van der Waals surface area contributed by atoms with Gasteiger partial charge in [0.1, 0.15) is 6.67 Å². The highest BCUT2D eigenvalue weighted by atomic mass is 19.1. The van der Waals surface area contributed by atoms with Crippen LogP contribution in [0.5, 0.6) is 0 Å². The standard InChI is InChI=1S/C14H18FNO/c1-11-6-8-16(9-7-11)14(17)13-4-2-12(10-15)3-5-13/h2-5,11H,6-10H2,1H3. The first-order valence-electron chi connectivity index (χ1n) is 6.15. The maximum atomic E-state index is 12.4. The van der Waals surface area contributed by atoms with Crippen molar-refractivity contribution < 1.29 is 9.18 Å². The Balaban J connectivity index is 2.03. The molecule has 1 amide bonds. The Morgan fingerprint density at radius 2 is 1.88 bits per heavy atom. The molecule has 17 heavy (non-hydrogen) atoms. The van der Waals surface area contributed by atoms with E-state index in [9.17, 15) is 9.18 Å². The number of piperidine rings is 1. The monoisotopic (exact) mass is 235 g/mol. The number of carbonyl (C=O) groups excluding carboxylic acids is 1. The summed E-state index contributed by atoms with van der Waals surface area (Å²) in [5, 5.41) is 0. The molecule has 0 saturated carbocycles. The minimum absolute atomic E-state index is 0.0716. The van der Waals surface area contributed by atoms with Gasteiger partial charge in [0, 0.05) is 18.7 Å². The van der Waals surface area contributed by atoms with Crippen molar-refractivity contribution in [2.24, 2.45) is 5.92 Å². The Labute approximate surface area is 101 Å². The number of carbonyl (C=O) groups is 1. The van der Waals surface area contributed by atoms with Crippen LogP contribution in [-0.4, -0.2) is 23.9 Å². The molecule has 2 rings (SSSR count). The van der Waals surface area contributed by atoms with E-state index in [1.54, 1.807) is 24.3 Å². The molecule has 1 saturated heterocycles. The van der Waals surface area contributed by atoms with Crippen molar-refractivity contribution in [2.75, 3.05) is 13.1 Å². The third kappa shape index (κ3) is 2.84. The summed E-state index contributed by atoms with van der Waals surface area (Å²) in [7, 11) is 0. The van der Waals surface area contributed by atoms with Gasteiger partial charge in [-0.1, -0.05) is 19.1 Å². The summed E-state index contributed by atoms with van der Waals surface area (Å²) in [6.07, 6.45) is 2.16. The predicted octanol–water partition coefficient (Wildman–Crippen LogP) is 3.03. The van der Waals surface area contributed by atoms with Gasteiger partial charge in [0.05, 0.1) is 0 Å². The van der Waals surface area contributed by atoms with Crippen molar-refractivity contribution in [3.63, 3.8) is 0 Å². The molecule has 1 aliphatic heterocycles. The second-order valence-corrected chi connectivity index (χ2v) is 4.81. The van der Waals surface area contributed by atoms with E-state index < -0.39 is 6.67 Å². The maximum Gasteiger partial charge on any atom is 0.253 e. The molecule has 0 radical (unpaired) electrons. The van der Waals surface area contributed by atoms with Crippen LogP contribution in [0, 0.1) is 5.92 Å². The molecule has 0 bridgehead atoms. The van der Waals surface area contributed by atoms with E-state index in [1.165, 1.54) is 0 Å². The number of nitrogens with zero attached hydrogens (tertiary/aromatic N) is 1. The second kappa shape index (κ2) is 5.30. The molecule has 2 nitrogen and oxygen atoms in total. The molecule has 92 valence electrons. The normalized spacial score (nSPS) is 17.2. The van der Waals surface area contributed by atoms with Gasteiger partial charge in [-0.15, -0.1) is 0 Å². The number of hydrogen-bond acceptors (Lipinski definition) is 1. The summed E-state index contributed by atoms with van der Waals surface area (Å²) in [6.45, 7) is 3.42. The first-order chi connectivity index (χ1) is 8.20. The molecular weight excluding hydrogens is 217 g/mol. The largest absolute Gasteiger partial charge is 0.339 e. The summed E-state index contributed by atoms with van der Waals surface area (Å²) in [6, 6.07) is 6.80. The van der Waals surface area contributed by atoms with E-state index in [0.717, 1.165) is 25.9 Å². The highest BCUT2D eigenvalue weighted by molar-refractivity contribution is 5.94. The molecule has 1 aromatic carbocycles. The lowest BCUT2D eigenvalue weighted by Gasteiger charge is -2.30. The van der Waals surface area contributed by atoms with E-state index in [2.05, 4.69) is 6.92 Å². The van der Waals surface area contributed by atoms with Crippen molar-refractivity contribution in [1.82, 2.24) is 4.90 Å². The summed E-state index contributed by atoms with van der Waals surface area (Å²) < 4.78 is 12.4. The highest BCUT2D eigenvalue weighted by Crippen LogP contribution is 2.18. The van der Waals surface area contributed by atoms with Crippen molar-refractivity contribution in [2.45, 2.75) is 26.4 Å². The summed E-state index contributed by atoms with van der Waals surface area (Å²) >= 11 is 0. The van der Waals surface area contributed by atoms with Crippen molar-refractivity contribution in [1.29, 1.82) is 0 Å². The number of rotatable bonds is 2. The molecule has 1 aliphatic rings. The topological polar surface area (TPSA) is 20.3 Å². The number of hydrogen-bond donors (Lipinski definition) is 0. The smallest absolute Gasteiger partial charge is 0.253 e. The number of likely N-dealkylation sites (tertiary alicyclic amines) is 1. The average Bonchev–Trinajstić information content (AvgIpc) is 2.39.